The van der Waals surface area contributed by atoms with Gasteiger partial charge in [-0.15, -0.1) is 0 Å². The Balaban J connectivity index is 1.37. The summed E-state index contributed by atoms with van der Waals surface area (Å²) in [5.41, 5.74) is 0. The standard InChI is InChI=1S/C16H20N4O/c1-12-3-4-15(21-12)11-19-7-13-9-20(10-14(13)8-19)16-17-5-2-6-18-16/h2-6,13-14H,7-11H2,1H3/t13-,14+. The van der Waals surface area contributed by atoms with Crippen molar-refractivity contribution < 1.29 is 4.42 Å². The largest absolute Gasteiger partial charge is 0.465 e. The molecule has 0 aromatic carbocycles. The summed E-state index contributed by atoms with van der Waals surface area (Å²) < 4.78 is 5.69. The van der Waals surface area contributed by atoms with Gasteiger partial charge in [0.2, 0.25) is 5.95 Å². The van der Waals surface area contributed by atoms with E-state index in [1.54, 1.807) is 0 Å². The number of nitrogens with zero attached hydrogens (tertiary/aromatic N) is 4. The number of fused-ring (bicyclic) bond motifs is 1. The summed E-state index contributed by atoms with van der Waals surface area (Å²) >= 11 is 0. The lowest BCUT2D eigenvalue weighted by atomic mass is 10.0. The lowest BCUT2D eigenvalue weighted by Gasteiger charge is -2.20. The van der Waals surface area contributed by atoms with E-state index in [4.69, 9.17) is 4.42 Å². The van der Waals surface area contributed by atoms with Crippen molar-refractivity contribution in [2.45, 2.75) is 13.5 Å². The van der Waals surface area contributed by atoms with Gasteiger partial charge in [0.05, 0.1) is 6.54 Å². The second kappa shape index (κ2) is 5.15. The second-order valence-electron chi connectivity index (χ2n) is 6.18. The van der Waals surface area contributed by atoms with E-state index in [1.807, 2.05) is 31.5 Å². The maximum atomic E-state index is 5.69. The third-order valence-electron chi connectivity index (χ3n) is 4.57. The maximum absolute atomic E-state index is 5.69. The monoisotopic (exact) mass is 284 g/mol. The molecule has 0 aliphatic carbocycles. The molecule has 21 heavy (non-hydrogen) atoms. The molecule has 0 N–H and O–H groups in total. The molecule has 2 fully saturated rings. The Morgan fingerprint density at radius 1 is 1.10 bits per heavy atom. The van der Waals surface area contributed by atoms with Gasteiger partial charge in [0.25, 0.3) is 0 Å². The molecule has 2 atom stereocenters. The second-order valence-corrected chi connectivity index (χ2v) is 6.18. The molecule has 5 heteroatoms. The molecule has 2 aliphatic heterocycles. The minimum atomic E-state index is 0.727. The van der Waals surface area contributed by atoms with Crippen LogP contribution in [0.1, 0.15) is 11.5 Å². The first-order valence-corrected chi connectivity index (χ1v) is 7.57. The van der Waals surface area contributed by atoms with Crippen LogP contribution < -0.4 is 4.90 Å². The van der Waals surface area contributed by atoms with E-state index in [-0.39, 0.29) is 0 Å². The quantitative estimate of drug-likeness (QED) is 0.862. The molecule has 0 saturated carbocycles. The van der Waals surface area contributed by atoms with Gasteiger partial charge in [0.15, 0.2) is 0 Å². The molecule has 0 bridgehead atoms. The van der Waals surface area contributed by atoms with Crippen molar-refractivity contribution in [3.05, 3.63) is 42.1 Å². The highest BCUT2D eigenvalue weighted by Crippen LogP contribution is 2.33. The molecule has 2 aliphatic rings. The molecule has 5 nitrogen and oxygen atoms in total. The van der Waals surface area contributed by atoms with E-state index in [0.717, 1.165) is 62.0 Å². The molecule has 0 amide bonds. The van der Waals surface area contributed by atoms with Crippen LogP contribution in [0.5, 0.6) is 0 Å². The Labute approximate surface area is 124 Å². The highest BCUT2D eigenvalue weighted by molar-refractivity contribution is 5.31. The molecule has 2 saturated heterocycles. The average molecular weight is 284 g/mol. The Kier molecular flexibility index (Phi) is 3.15. The van der Waals surface area contributed by atoms with E-state index >= 15 is 0 Å². The van der Waals surface area contributed by atoms with Crippen molar-refractivity contribution in [1.82, 2.24) is 14.9 Å². The fraction of sp³-hybridized carbons (Fsp3) is 0.500. The van der Waals surface area contributed by atoms with E-state index in [1.165, 1.54) is 0 Å². The summed E-state index contributed by atoms with van der Waals surface area (Å²) in [7, 11) is 0. The van der Waals surface area contributed by atoms with Gasteiger partial charge in [0, 0.05) is 38.6 Å². The van der Waals surface area contributed by atoms with Crippen molar-refractivity contribution in [3.63, 3.8) is 0 Å². The zero-order valence-electron chi connectivity index (χ0n) is 12.3. The van der Waals surface area contributed by atoms with Gasteiger partial charge in [-0.3, -0.25) is 4.90 Å². The highest BCUT2D eigenvalue weighted by atomic mass is 16.3. The fourth-order valence-corrected chi connectivity index (χ4v) is 3.63. The molecule has 4 heterocycles. The Morgan fingerprint density at radius 2 is 1.81 bits per heavy atom. The van der Waals surface area contributed by atoms with Crippen molar-refractivity contribution in [2.75, 3.05) is 31.1 Å². The van der Waals surface area contributed by atoms with Crippen molar-refractivity contribution in [1.29, 1.82) is 0 Å². The predicted octanol–water partition coefficient (Wildman–Crippen LogP) is 1.95. The van der Waals surface area contributed by atoms with Gasteiger partial charge < -0.3 is 9.32 Å². The number of likely N-dealkylation sites (tertiary alicyclic amines) is 1. The van der Waals surface area contributed by atoms with Crippen LogP contribution in [0.2, 0.25) is 0 Å². The number of furan rings is 1. The van der Waals surface area contributed by atoms with Gasteiger partial charge in [-0.05, 0) is 37.0 Å². The zero-order valence-corrected chi connectivity index (χ0v) is 12.3. The molecule has 0 radical (unpaired) electrons. The summed E-state index contributed by atoms with van der Waals surface area (Å²) in [6.07, 6.45) is 3.64. The molecule has 110 valence electrons. The highest BCUT2D eigenvalue weighted by Gasteiger charge is 2.40. The van der Waals surface area contributed by atoms with Crippen molar-refractivity contribution in [2.24, 2.45) is 11.8 Å². The molecule has 2 aromatic heterocycles. The maximum Gasteiger partial charge on any atom is 0.225 e. The number of aromatic nitrogens is 2. The average Bonchev–Trinajstić information content (AvgIpc) is 3.15. The van der Waals surface area contributed by atoms with Crippen LogP contribution in [0.4, 0.5) is 5.95 Å². The molecule has 4 rings (SSSR count). The van der Waals surface area contributed by atoms with Crippen LogP contribution in [0, 0.1) is 18.8 Å². The normalized spacial score (nSPS) is 25.5. The Morgan fingerprint density at radius 3 is 2.43 bits per heavy atom. The minimum absolute atomic E-state index is 0.727. The Bertz CT molecular complexity index is 598. The topological polar surface area (TPSA) is 45.4 Å². The third-order valence-corrected chi connectivity index (χ3v) is 4.57. The van der Waals surface area contributed by atoms with E-state index < -0.39 is 0 Å². The van der Waals surface area contributed by atoms with E-state index in [0.29, 0.717) is 0 Å². The minimum Gasteiger partial charge on any atom is -0.465 e. The number of rotatable bonds is 3. The SMILES string of the molecule is Cc1ccc(CN2C[C@@H]3CN(c4ncccn4)C[C@@H]3C2)o1. The molecule has 2 aromatic rings. The molecule has 0 unspecified atom stereocenters. The van der Waals surface area contributed by atoms with E-state index in [9.17, 15) is 0 Å². The van der Waals surface area contributed by atoms with Crippen LogP contribution in [0.25, 0.3) is 0 Å². The van der Waals surface area contributed by atoms with Crippen LogP contribution in [-0.4, -0.2) is 41.0 Å². The lowest BCUT2D eigenvalue weighted by molar-refractivity contribution is 0.277. The summed E-state index contributed by atoms with van der Waals surface area (Å²) in [4.78, 5) is 13.6. The number of hydrogen-bond acceptors (Lipinski definition) is 5. The lowest BCUT2D eigenvalue weighted by Crippen LogP contribution is -2.29. The smallest absolute Gasteiger partial charge is 0.225 e. The van der Waals surface area contributed by atoms with Crippen molar-refractivity contribution in [3.8, 4) is 0 Å². The van der Waals surface area contributed by atoms with E-state index in [2.05, 4.69) is 25.8 Å². The first-order chi connectivity index (χ1) is 10.3. The van der Waals surface area contributed by atoms with Crippen LogP contribution in [-0.2, 0) is 6.54 Å². The Hall–Kier alpha value is -1.88. The van der Waals surface area contributed by atoms with Gasteiger partial charge in [-0.2, -0.15) is 0 Å². The number of hydrogen-bond donors (Lipinski definition) is 0. The van der Waals surface area contributed by atoms with Gasteiger partial charge in [-0.1, -0.05) is 0 Å². The van der Waals surface area contributed by atoms with Gasteiger partial charge in [0.1, 0.15) is 11.5 Å². The number of aryl methyl sites for hydroxylation is 1. The molecular formula is C16H20N4O. The van der Waals surface area contributed by atoms with Crippen LogP contribution >= 0.6 is 0 Å². The summed E-state index contributed by atoms with van der Waals surface area (Å²) in [5.74, 6) is 4.40. The first kappa shape index (κ1) is 12.8. The van der Waals surface area contributed by atoms with Gasteiger partial charge in [-0.25, -0.2) is 9.97 Å². The van der Waals surface area contributed by atoms with Crippen LogP contribution in [0.15, 0.2) is 35.0 Å². The molecule has 0 spiro atoms. The first-order valence-electron chi connectivity index (χ1n) is 7.57. The van der Waals surface area contributed by atoms with Crippen LogP contribution in [0.3, 0.4) is 0 Å². The zero-order chi connectivity index (χ0) is 14.2. The summed E-state index contributed by atoms with van der Waals surface area (Å²) in [6, 6.07) is 6.00. The van der Waals surface area contributed by atoms with Gasteiger partial charge >= 0.3 is 0 Å². The fourth-order valence-electron chi connectivity index (χ4n) is 3.63. The van der Waals surface area contributed by atoms with Crippen molar-refractivity contribution >= 4 is 5.95 Å². The summed E-state index contributed by atoms with van der Waals surface area (Å²) in [6.45, 7) is 7.37. The number of anilines is 1. The summed E-state index contributed by atoms with van der Waals surface area (Å²) in [5, 5.41) is 0. The third kappa shape index (κ3) is 2.53. The predicted molar refractivity (Wildman–Crippen MR) is 79.9 cm³/mol. The molecular weight excluding hydrogens is 264 g/mol.